The van der Waals surface area contributed by atoms with Gasteiger partial charge in [-0.2, -0.15) is 0 Å². The monoisotopic (exact) mass is 976 g/mol. The highest BCUT2D eigenvalue weighted by Gasteiger charge is 2.27. The Hall–Kier alpha value is -8.85. The van der Waals surface area contributed by atoms with Gasteiger partial charge in [0.2, 0.25) is 0 Å². The van der Waals surface area contributed by atoms with Crippen molar-refractivity contribution in [1.82, 2.24) is 49.0 Å². The molecule has 0 amide bonds. The zero-order chi connectivity index (χ0) is 51.3. The largest absolute Gasteiger partial charge is 0.491 e. The number of methoxy groups -OCH3 is 1. The van der Waals surface area contributed by atoms with Crippen LogP contribution in [0.25, 0.3) is 76.2 Å². The fourth-order valence-electron chi connectivity index (χ4n) is 7.49. The second kappa shape index (κ2) is 20.6. The summed E-state index contributed by atoms with van der Waals surface area (Å²) < 4.78 is 7.89. The van der Waals surface area contributed by atoms with E-state index >= 15 is 0 Å². The lowest BCUT2D eigenvalue weighted by Gasteiger charge is -2.15. The highest BCUT2D eigenvalue weighted by Crippen LogP contribution is 2.31. The number of hydrogen-bond acceptors (Lipinski definition) is 14. The average molecular weight is 977 g/mol. The third-order valence-electron chi connectivity index (χ3n) is 11.6. The van der Waals surface area contributed by atoms with E-state index in [9.17, 15) is 14.7 Å². The van der Waals surface area contributed by atoms with Gasteiger partial charge >= 0.3 is 13.1 Å². The number of halogens is 1. The first-order chi connectivity index (χ1) is 34.5. The Morgan fingerprint density at radius 2 is 1.08 bits per heavy atom. The summed E-state index contributed by atoms with van der Waals surface area (Å²) in [5.74, 6) is 0.329. The first-order valence-corrected chi connectivity index (χ1v) is 22.4. The predicted octanol–water partition coefficient (Wildman–Crippen LogP) is 6.94. The van der Waals surface area contributed by atoms with Gasteiger partial charge < -0.3 is 29.6 Å². The van der Waals surface area contributed by atoms with Crippen LogP contribution in [0.15, 0.2) is 144 Å². The van der Waals surface area contributed by atoms with Gasteiger partial charge in [-0.3, -0.25) is 28.7 Å². The molecule has 0 aliphatic heterocycles. The molecule has 20 heteroatoms. The molecule has 0 bridgehead atoms. The van der Waals surface area contributed by atoms with Crippen LogP contribution in [0.1, 0.15) is 44.6 Å². The molecule has 0 atom stereocenters. The van der Waals surface area contributed by atoms with Gasteiger partial charge in [0.05, 0.1) is 34.9 Å². The molecular weight excluding hydrogens is 935 g/mol. The number of aromatic nitrogens is 10. The van der Waals surface area contributed by atoms with E-state index in [-0.39, 0.29) is 29.2 Å². The first-order valence-electron chi connectivity index (χ1n) is 22.0. The summed E-state index contributed by atoms with van der Waals surface area (Å²) in [6.07, 6.45) is 9.24. The smallest absolute Gasteiger partial charge is 0.467 e. The number of nitrogens with zero attached hydrogens (tertiary/aromatic N) is 12. The van der Waals surface area contributed by atoms with Crippen molar-refractivity contribution in [3.8, 4) is 28.6 Å². The minimum Gasteiger partial charge on any atom is -0.467 e. The first kappa shape index (κ1) is 49.6. The number of aliphatic hydroxyl groups excluding tert-OH is 1. The molecule has 10 rings (SSSR count). The topological polar surface area (TPSA) is 226 Å². The van der Waals surface area contributed by atoms with Gasteiger partial charge in [-0.05, 0) is 84.9 Å². The highest BCUT2D eigenvalue weighted by atomic mass is 35.5. The summed E-state index contributed by atoms with van der Waals surface area (Å²) in [4.78, 5) is 66.9. The molecule has 18 nitrogen and oxygen atoms in total. The molecule has 8 heterocycles. The van der Waals surface area contributed by atoms with E-state index < -0.39 is 18.2 Å². The van der Waals surface area contributed by atoms with Crippen molar-refractivity contribution in [3.63, 3.8) is 0 Å². The van der Waals surface area contributed by atoms with Crippen molar-refractivity contribution in [1.29, 1.82) is 0 Å². The normalized spacial score (nSPS) is 11.3. The highest BCUT2D eigenvalue weighted by molar-refractivity contribution is 6.58. The summed E-state index contributed by atoms with van der Waals surface area (Å²) in [6, 6.07) is 28.7. The molecular formula is C52H42BClN12O6. The Balaban J connectivity index is 0.000000162. The Kier molecular flexibility index (Phi) is 14.2. The van der Waals surface area contributed by atoms with Crippen molar-refractivity contribution < 1.29 is 19.9 Å². The van der Waals surface area contributed by atoms with Crippen molar-refractivity contribution in [2.24, 2.45) is 0 Å². The van der Waals surface area contributed by atoms with Crippen LogP contribution in [0.4, 0.5) is 0 Å². The van der Waals surface area contributed by atoms with Crippen LogP contribution < -0.4 is 21.3 Å². The number of rotatable bonds is 8. The van der Waals surface area contributed by atoms with Crippen molar-refractivity contribution in [3.05, 3.63) is 200 Å². The van der Waals surface area contributed by atoms with Crippen LogP contribution in [0.5, 0.6) is 6.01 Å². The molecule has 3 N–H and O–H groups in total. The fourth-order valence-corrected chi connectivity index (χ4v) is 7.64. The second-order valence-corrected chi connectivity index (χ2v) is 17.4. The minimum absolute atomic E-state index is 0.172. The van der Waals surface area contributed by atoms with E-state index in [1.54, 1.807) is 58.2 Å². The lowest BCUT2D eigenvalue weighted by Crippen LogP contribution is -2.30. The molecule has 0 fully saturated rings. The van der Waals surface area contributed by atoms with Crippen molar-refractivity contribution >= 4 is 68.1 Å². The quantitative estimate of drug-likeness (QED) is 0.0607. The molecule has 356 valence electrons. The summed E-state index contributed by atoms with van der Waals surface area (Å²) in [7, 11) is -0.0920. The van der Waals surface area contributed by atoms with Gasteiger partial charge in [0.1, 0.15) is 22.8 Å². The van der Waals surface area contributed by atoms with E-state index in [0.29, 0.717) is 66.7 Å². The van der Waals surface area contributed by atoms with Gasteiger partial charge in [0.15, 0.2) is 5.82 Å². The van der Waals surface area contributed by atoms with Crippen LogP contribution in [0, 0.1) is 13.1 Å². The van der Waals surface area contributed by atoms with E-state index in [2.05, 4.69) is 49.3 Å². The van der Waals surface area contributed by atoms with Crippen molar-refractivity contribution in [2.45, 2.75) is 45.4 Å². The minimum atomic E-state index is -1.53. The lowest BCUT2D eigenvalue weighted by atomic mass is 9.83. The standard InChI is InChI=1S/C26H20N6O2.C21H15ClN4O.C5H7BN2O3/c1-26(2,27-3)18-5-7-19(8-6-18)32-23(34)11-4-16-12-28-21-10-9-20(31-24(21)25(16)32)17-13-29-22(15-33)30-14-17;1-21(2,23-3)14-5-7-15(8-6-14)26-18(27)11-4-13-12-24-16-9-10-17(22)25-19(16)20(13)26;1-11-5-7-2-4(3-8-5)6(9)10/h4-14,33H,15H2,1-2H3;4-12H,1-2H3;2-3,9-10H,1H3. The summed E-state index contributed by atoms with van der Waals surface area (Å²) in [6.45, 7) is 22.0. The van der Waals surface area contributed by atoms with Crippen LogP contribution in [-0.4, -0.2) is 78.4 Å². The summed E-state index contributed by atoms with van der Waals surface area (Å²) in [5.41, 5.74) is 6.82. The zero-order valence-corrected chi connectivity index (χ0v) is 40.1. The van der Waals surface area contributed by atoms with Gasteiger partial charge in [0.25, 0.3) is 22.2 Å². The molecule has 10 aromatic rings. The SMILES string of the molecule is COc1ncc(B(O)O)cn1.[C-]#[N+]C(C)(C)c1ccc(-n2c(=O)ccc3cnc4ccc(-c5cnc(CO)nc5)nc4c32)cc1.[C-]#[N+]C(C)(C)c1ccc(-n2c(=O)ccc3cnc4ccc(Cl)nc4c32)cc1. The number of ether oxygens (including phenoxy) is 1. The van der Waals surface area contributed by atoms with Gasteiger partial charge in [0, 0.05) is 121 Å². The third kappa shape index (κ3) is 10.2. The molecule has 0 aliphatic rings. The van der Waals surface area contributed by atoms with E-state index in [0.717, 1.165) is 21.9 Å². The number of fused-ring (bicyclic) bond motifs is 6. The molecule has 0 saturated carbocycles. The number of aliphatic hydroxyl groups is 1. The van der Waals surface area contributed by atoms with Crippen molar-refractivity contribution in [2.75, 3.05) is 7.11 Å². The number of pyridine rings is 6. The second-order valence-electron chi connectivity index (χ2n) is 17.1. The van der Waals surface area contributed by atoms with E-state index in [4.69, 9.17) is 39.8 Å². The molecule has 0 aliphatic carbocycles. The van der Waals surface area contributed by atoms with E-state index in [1.807, 2.05) is 88.4 Å². The zero-order valence-electron chi connectivity index (χ0n) is 39.3. The van der Waals surface area contributed by atoms with Gasteiger partial charge in [-0.25, -0.2) is 43.0 Å². The maximum absolute atomic E-state index is 13.1. The maximum atomic E-state index is 13.1. The van der Waals surface area contributed by atoms with Crippen LogP contribution in [0.2, 0.25) is 5.15 Å². The fraction of sp³-hybridized carbons (Fsp3) is 0.154. The Morgan fingerprint density at radius 1 is 0.611 bits per heavy atom. The van der Waals surface area contributed by atoms with Crippen LogP contribution in [-0.2, 0) is 17.7 Å². The summed E-state index contributed by atoms with van der Waals surface area (Å²) in [5, 5.41) is 28.4. The van der Waals surface area contributed by atoms with Crippen LogP contribution >= 0.6 is 11.6 Å². The average Bonchev–Trinajstić information content (AvgIpc) is 3.41. The Morgan fingerprint density at radius 3 is 1.53 bits per heavy atom. The lowest BCUT2D eigenvalue weighted by molar-refractivity contribution is 0.271. The molecule has 0 unspecified atom stereocenters. The maximum Gasteiger partial charge on any atom is 0.491 e. The molecule has 8 aromatic heterocycles. The molecule has 2 aromatic carbocycles. The molecule has 0 radical (unpaired) electrons. The Bertz CT molecular complexity index is 3840. The summed E-state index contributed by atoms with van der Waals surface area (Å²) >= 11 is 6.09. The van der Waals surface area contributed by atoms with Crippen LogP contribution in [0.3, 0.4) is 0 Å². The molecule has 72 heavy (non-hydrogen) atoms. The Labute approximate surface area is 416 Å². The van der Waals surface area contributed by atoms with E-state index in [1.165, 1.54) is 31.6 Å². The number of hydrogen-bond donors (Lipinski definition) is 3. The van der Waals surface area contributed by atoms with Gasteiger partial charge in [-0.1, -0.05) is 11.6 Å². The molecule has 0 saturated heterocycles. The number of benzene rings is 2. The predicted molar refractivity (Wildman–Crippen MR) is 275 cm³/mol. The third-order valence-corrected chi connectivity index (χ3v) is 11.8. The molecule has 0 spiro atoms. The van der Waals surface area contributed by atoms with Gasteiger partial charge in [-0.15, -0.1) is 0 Å².